The van der Waals surface area contributed by atoms with E-state index in [4.69, 9.17) is 32.9 Å². The number of halogens is 2. The maximum atomic E-state index is 11.5. The molecule has 0 spiro atoms. The number of nitrogens with zero attached hydrogens (tertiary/aromatic N) is 4. The SMILES string of the molecule is CSc1cc(Cl)c(-c2nc(-c3cccc(OCc4ccccc4)c3)c(-c3ccnc(SC)n3)n2O)c(Cl)c1. The van der Waals surface area contributed by atoms with Crippen molar-refractivity contribution < 1.29 is 9.94 Å². The second kappa shape index (κ2) is 11.7. The van der Waals surface area contributed by atoms with Crippen LogP contribution in [0.4, 0.5) is 0 Å². The summed E-state index contributed by atoms with van der Waals surface area (Å²) in [5.74, 6) is 0.872. The van der Waals surface area contributed by atoms with Gasteiger partial charge in [-0.15, -0.1) is 11.8 Å². The summed E-state index contributed by atoms with van der Waals surface area (Å²) >= 11 is 16.2. The summed E-state index contributed by atoms with van der Waals surface area (Å²) in [6, 6.07) is 22.8. The molecule has 0 radical (unpaired) electrons. The Balaban J connectivity index is 1.64. The number of ether oxygens (including phenoxy) is 1. The van der Waals surface area contributed by atoms with Gasteiger partial charge in [0.25, 0.3) is 0 Å². The van der Waals surface area contributed by atoms with Gasteiger partial charge in [-0.2, -0.15) is 4.73 Å². The molecule has 0 bridgehead atoms. The Bertz CT molecular complexity index is 1570. The van der Waals surface area contributed by atoms with Crippen molar-refractivity contribution in [2.24, 2.45) is 0 Å². The predicted octanol–water partition coefficient (Wildman–Crippen LogP) is 8.24. The summed E-state index contributed by atoms with van der Waals surface area (Å²) in [5, 5.41) is 12.8. The molecular formula is C28H22Cl2N4O2S2. The van der Waals surface area contributed by atoms with Crippen LogP contribution in [0, 0.1) is 0 Å². The van der Waals surface area contributed by atoms with Crippen LogP contribution >= 0.6 is 46.7 Å². The van der Waals surface area contributed by atoms with E-state index in [0.717, 1.165) is 20.8 Å². The number of rotatable bonds is 8. The zero-order chi connectivity index (χ0) is 26.6. The van der Waals surface area contributed by atoms with Crippen LogP contribution in [0.3, 0.4) is 0 Å². The van der Waals surface area contributed by atoms with Crippen LogP contribution < -0.4 is 4.74 Å². The maximum Gasteiger partial charge on any atom is 0.187 e. The fourth-order valence-corrected chi connectivity index (χ4v) is 5.54. The lowest BCUT2D eigenvalue weighted by Crippen LogP contribution is -2.00. The maximum absolute atomic E-state index is 11.5. The van der Waals surface area contributed by atoms with Crippen molar-refractivity contribution in [3.8, 4) is 39.8 Å². The lowest BCUT2D eigenvalue weighted by molar-refractivity contribution is 0.195. The molecule has 0 saturated carbocycles. The van der Waals surface area contributed by atoms with Gasteiger partial charge in [0, 0.05) is 16.7 Å². The van der Waals surface area contributed by atoms with Gasteiger partial charge in [0.05, 0.1) is 21.3 Å². The highest BCUT2D eigenvalue weighted by molar-refractivity contribution is 7.98. The molecule has 38 heavy (non-hydrogen) atoms. The van der Waals surface area contributed by atoms with E-state index in [1.54, 1.807) is 24.4 Å². The van der Waals surface area contributed by atoms with Gasteiger partial charge < -0.3 is 9.94 Å². The van der Waals surface area contributed by atoms with Crippen LogP contribution in [0.15, 0.2) is 89.0 Å². The van der Waals surface area contributed by atoms with Crippen LogP contribution in [-0.2, 0) is 6.61 Å². The van der Waals surface area contributed by atoms with Crippen molar-refractivity contribution in [1.82, 2.24) is 19.7 Å². The molecule has 5 rings (SSSR count). The zero-order valence-electron chi connectivity index (χ0n) is 20.4. The van der Waals surface area contributed by atoms with E-state index in [1.165, 1.54) is 23.5 Å². The van der Waals surface area contributed by atoms with Crippen LogP contribution in [-0.4, -0.2) is 37.4 Å². The van der Waals surface area contributed by atoms with Gasteiger partial charge in [-0.05, 0) is 48.4 Å². The van der Waals surface area contributed by atoms with Gasteiger partial charge >= 0.3 is 0 Å². The molecular weight excluding hydrogens is 559 g/mol. The van der Waals surface area contributed by atoms with Crippen molar-refractivity contribution in [2.75, 3.05) is 12.5 Å². The zero-order valence-corrected chi connectivity index (χ0v) is 23.6. The molecule has 6 nitrogen and oxygen atoms in total. The van der Waals surface area contributed by atoms with E-state index in [2.05, 4.69) is 9.97 Å². The third-order valence-corrected chi connectivity index (χ3v) is 7.61. The molecule has 2 heterocycles. The van der Waals surface area contributed by atoms with E-state index < -0.39 is 0 Å². The minimum Gasteiger partial charge on any atom is -0.489 e. The van der Waals surface area contributed by atoms with Crippen molar-refractivity contribution in [3.05, 3.63) is 94.6 Å². The first kappa shape index (κ1) is 26.4. The van der Waals surface area contributed by atoms with E-state index in [9.17, 15) is 5.21 Å². The quantitative estimate of drug-likeness (QED) is 0.112. The van der Waals surface area contributed by atoms with E-state index in [1.807, 2.05) is 67.1 Å². The largest absolute Gasteiger partial charge is 0.489 e. The Labute approximate surface area is 239 Å². The van der Waals surface area contributed by atoms with Gasteiger partial charge in [0.15, 0.2) is 11.0 Å². The summed E-state index contributed by atoms with van der Waals surface area (Å²) in [7, 11) is 0. The molecule has 0 amide bonds. The second-order valence-corrected chi connectivity index (χ2v) is 10.6. The Morgan fingerprint density at radius 1 is 0.895 bits per heavy atom. The van der Waals surface area contributed by atoms with Crippen molar-refractivity contribution in [1.29, 1.82) is 0 Å². The van der Waals surface area contributed by atoms with E-state index in [-0.39, 0.29) is 5.82 Å². The number of thioether (sulfide) groups is 2. The lowest BCUT2D eigenvalue weighted by Gasteiger charge is -2.10. The van der Waals surface area contributed by atoms with Crippen molar-refractivity contribution in [2.45, 2.75) is 16.7 Å². The molecule has 0 unspecified atom stereocenters. The van der Waals surface area contributed by atoms with Gasteiger partial charge in [-0.1, -0.05) is 77.4 Å². The standard InChI is InChI=1S/C28H22Cl2N4O2S2/c1-37-20-14-21(29)24(22(30)15-20)27-33-25(26(34(27)35)23-11-12-31-28(32-23)38-2)18-9-6-10-19(13-18)36-16-17-7-4-3-5-8-17/h3-15,35H,16H2,1-2H3. The number of benzene rings is 3. The summed E-state index contributed by atoms with van der Waals surface area (Å²) in [4.78, 5) is 14.6. The summed E-state index contributed by atoms with van der Waals surface area (Å²) < 4.78 is 7.04. The number of aromatic nitrogens is 4. The Morgan fingerprint density at radius 2 is 1.66 bits per heavy atom. The molecule has 1 N–H and O–H groups in total. The fourth-order valence-electron chi connectivity index (χ4n) is 3.93. The first-order valence-corrected chi connectivity index (χ1v) is 14.7. The average Bonchev–Trinajstić information content (AvgIpc) is 3.28. The lowest BCUT2D eigenvalue weighted by atomic mass is 10.1. The highest BCUT2D eigenvalue weighted by atomic mass is 35.5. The third-order valence-electron chi connectivity index (χ3n) is 5.74. The van der Waals surface area contributed by atoms with Gasteiger partial charge in [-0.25, -0.2) is 15.0 Å². The smallest absolute Gasteiger partial charge is 0.187 e. The topological polar surface area (TPSA) is 73.1 Å². The molecule has 192 valence electrons. The normalized spacial score (nSPS) is 11.1. The van der Waals surface area contributed by atoms with Crippen LogP contribution in [0.1, 0.15) is 5.56 Å². The van der Waals surface area contributed by atoms with E-state index in [0.29, 0.717) is 50.2 Å². The molecule has 0 saturated heterocycles. The predicted molar refractivity (Wildman–Crippen MR) is 156 cm³/mol. The van der Waals surface area contributed by atoms with Crippen LogP contribution in [0.2, 0.25) is 10.0 Å². The van der Waals surface area contributed by atoms with Gasteiger partial charge in [0.2, 0.25) is 0 Å². The number of hydrogen-bond acceptors (Lipinski definition) is 7. The minimum atomic E-state index is 0.206. The molecule has 2 aromatic heterocycles. The van der Waals surface area contributed by atoms with Crippen molar-refractivity contribution >= 4 is 46.7 Å². The minimum absolute atomic E-state index is 0.206. The Morgan fingerprint density at radius 3 is 2.37 bits per heavy atom. The second-order valence-electron chi connectivity index (χ2n) is 8.14. The first-order chi connectivity index (χ1) is 18.5. The van der Waals surface area contributed by atoms with Gasteiger partial charge in [0.1, 0.15) is 23.7 Å². The highest BCUT2D eigenvalue weighted by Gasteiger charge is 2.26. The van der Waals surface area contributed by atoms with Crippen molar-refractivity contribution in [3.63, 3.8) is 0 Å². The summed E-state index contributed by atoms with van der Waals surface area (Å²) in [5.41, 5.74) is 3.61. The molecule has 0 aliphatic heterocycles. The molecule has 10 heteroatoms. The highest BCUT2D eigenvalue weighted by Crippen LogP contribution is 2.42. The van der Waals surface area contributed by atoms with Gasteiger partial charge in [-0.3, -0.25) is 0 Å². The van der Waals surface area contributed by atoms with E-state index >= 15 is 0 Å². The number of hydrogen-bond donors (Lipinski definition) is 1. The molecule has 0 aliphatic carbocycles. The fraction of sp³-hybridized carbons (Fsp3) is 0.107. The molecule has 3 aromatic carbocycles. The third kappa shape index (κ3) is 5.49. The summed E-state index contributed by atoms with van der Waals surface area (Å²) in [6.07, 6.45) is 5.48. The molecule has 5 aromatic rings. The Hall–Kier alpha value is -3.17. The summed E-state index contributed by atoms with van der Waals surface area (Å²) in [6.45, 7) is 0.423. The monoisotopic (exact) mass is 580 g/mol. The average molecular weight is 582 g/mol. The van der Waals surface area contributed by atoms with Crippen LogP contribution in [0.25, 0.3) is 34.0 Å². The molecule has 0 atom stereocenters. The Kier molecular flexibility index (Phi) is 8.14. The molecule has 0 fully saturated rings. The number of imidazole rings is 1. The van der Waals surface area contributed by atoms with Crippen LogP contribution in [0.5, 0.6) is 5.75 Å². The first-order valence-electron chi connectivity index (χ1n) is 11.5. The molecule has 0 aliphatic rings.